The molecule has 0 atom stereocenters. The summed E-state index contributed by atoms with van der Waals surface area (Å²) in [5.74, 6) is 0. The largest absolute Gasteiger partial charge is 0.380 e. The molecule has 5 heteroatoms. The predicted octanol–water partition coefficient (Wildman–Crippen LogP) is 3.40. The van der Waals surface area contributed by atoms with Gasteiger partial charge in [0, 0.05) is 12.3 Å². The Morgan fingerprint density at radius 2 is 1.90 bits per heavy atom. The fourth-order valence-corrected chi connectivity index (χ4v) is 2.69. The first kappa shape index (κ1) is 18.1. The standard InChI is InChI=1S/C16H25BClNO2/c1-5-6-8-21-9-7-19(16(18)20)14-10-12(2)15(17-4)13(3)11-14/h10-11,17H,5-9H2,1-4H3. The number of rotatable bonds is 8. The maximum atomic E-state index is 11.7. The van der Waals surface area contributed by atoms with Crippen LogP contribution in [0.2, 0.25) is 6.82 Å². The van der Waals surface area contributed by atoms with Crippen LogP contribution < -0.4 is 10.4 Å². The van der Waals surface area contributed by atoms with Gasteiger partial charge >= 0.3 is 5.37 Å². The van der Waals surface area contributed by atoms with Crippen LogP contribution in [0, 0.1) is 13.8 Å². The first-order valence-electron chi connectivity index (χ1n) is 7.66. The maximum absolute atomic E-state index is 11.7. The van der Waals surface area contributed by atoms with Gasteiger partial charge in [-0.05, 0) is 44.0 Å². The third kappa shape index (κ3) is 5.37. The van der Waals surface area contributed by atoms with Crippen LogP contribution >= 0.6 is 11.6 Å². The lowest BCUT2D eigenvalue weighted by molar-refractivity contribution is 0.138. The van der Waals surface area contributed by atoms with E-state index < -0.39 is 5.37 Å². The van der Waals surface area contributed by atoms with E-state index in [-0.39, 0.29) is 0 Å². The molecule has 0 fully saturated rings. The number of aryl methyl sites for hydroxylation is 2. The highest BCUT2D eigenvalue weighted by Crippen LogP contribution is 2.19. The SMILES string of the molecule is CBc1c(C)cc(N(CCOCCCC)C(=O)Cl)cc1C. The Kier molecular flexibility index (Phi) is 7.83. The Labute approximate surface area is 133 Å². The van der Waals surface area contributed by atoms with E-state index >= 15 is 0 Å². The van der Waals surface area contributed by atoms with E-state index in [4.69, 9.17) is 16.3 Å². The number of hydrogen-bond acceptors (Lipinski definition) is 2. The van der Waals surface area contributed by atoms with Gasteiger partial charge in [-0.3, -0.25) is 9.69 Å². The van der Waals surface area contributed by atoms with Gasteiger partial charge in [-0.25, -0.2) is 0 Å². The van der Waals surface area contributed by atoms with E-state index in [1.807, 2.05) is 12.1 Å². The molecule has 1 aromatic rings. The Balaban J connectivity index is 2.79. The molecule has 0 N–H and O–H groups in total. The Bertz CT molecular complexity index is 456. The topological polar surface area (TPSA) is 29.5 Å². The molecule has 0 saturated heterocycles. The zero-order valence-electron chi connectivity index (χ0n) is 13.5. The van der Waals surface area contributed by atoms with Crippen LogP contribution in [0.25, 0.3) is 0 Å². The van der Waals surface area contributed by atoms with Gasteiger partial charge in [-0.2, -0.15) is 0 Å². The summed E-state index contributed by atoms with van der Waals surface area (Å²) in [5, 5.41) is -0.461. The second kappa shape index (κ2) is 9.11. The molecule has 116 valence electrons. The van der Waals surface area contributed by atoms with Crippen LogP contribution in [0.1, 0.15) is 30.9 Å². The van der Waals surface area contributed by atoms with Crippen molar-refractivity contribution in [2.45, 2.75) is 40.4 Å². The Hall–Kier alpha value is -0.995. The minimum atomic E-state index is -0.461. The number of halogens is 1. The van der Waals surface area contributed by atoms with Gasteiger partial charge in [0.05, 0.1) is 13.2 Å². The van der Waals surface area contributed by atoms with Gasteiger partial charge in [-0.15, -0.1) is 0 Å². The minimum Gasteiger partial charge on any atom is -0.380 e. The molecular formula is C16H25BClNO2. The van der Waals surface area contributed by atoms with Gasteiger partial charge in [0.15, 0.2) is 7.28 Å². The number of nitrogens with zero attached hydrogens (tertiary/aromatic N) is 1. The number of benzene rings is 1. The molecule has 3 nitrogen and oxygen atoms in total. The molecule has 0 aliphatic heterocycles. The summed E-state index contributed by atoms with van der Waals surface area (Å²) in [4.78, 5) is 13.3. The minimum absolute atomic E-state index is 0.461. The van der Waals surface area contributed by atoms with Crippen LogP contribution in [0.4, 0.5) is 10.5 Å². The van der Waals surface area contributed by atoms with Crippen molar-refractivity contribution in [3.05, 3.63) is 23.3 Å². The molecule has 0 unspecified atom stereocenters. The normalized spacial score (nSPS) is 10.5. The van der Waals surface area contributed by atoms with Crippen molar-refractivity contribution in [3.63, 3.8) is 0 Å². The molecule has 1 amide bonds. The number of anilines is 1. The Morgan fingerprint density at radius 3 is 2.38 bits per heavy atom. The Morgan fingerprint density at radius 1 is 1.29 bits per heavy atom. The zero-order valence-corrected chi connectivity index (χ0v) is 14.3. The number of ether oxygens (including phenoxy) is 1. The average Bonchev–Trinajstić information content (AvgIpc) is 2.42. The number of hydrogen-bond donors (Lipinski definition) is 0. The summed E-state index contributed by atoms with van der Waals surface area (Å²) in [7, 11) is 0.993. The first-order chi connectivity index (χ1) is 10.0. The lowest BCUT2D eigenvalue weighted by Gasteiger charge is -2.22. The summed E-state index contributed by atoms with van der Waals surface area (Å²) in [6.07, 6.45) is 2.15. The first-order valence-corrected chi connectivity index (χ1v) is 8.03. The van der Waals surface area contributed by atoms with Gasteiger partial charge in [-0.1, -0.05) is 36.8 Å². The molecule has 0 saturated carbocycles. The fourth-order valence-electron chi connectivity index (χ4n) is 2.51. The maximum Gasteiger partial charge on any atom is 0.320 e. The average molecular weight is 310 g/mol. The smallest absolute Gasteiger partial charge is 0.320 e. The fraction of sp³-hybridized carbons (Fsp3) is 0.562. The van der Waals surface area contributed by atoms with Crippen molar-refractivity contribution in [1.82, 2.24) is 0 Å². The molecule has 1 aromatic carbocycles. The molecule has 0 spiro atoms. The van der Waals surface area contributed by atoms with Gasteiger partial charge in [0.25, 0.3) is 0 Å². The quantitative estimate of drug-likeness (QED) is 0.319. The molecular weight excluding hydrogens is 284 g/mol. The second-order valence-electron chi connectivity index (χ2n) is 5.28. The van der Waals surface area contributed by atoms with E-state index in [1.165, 1.54) is 16.6 Å². The summed E-state index contributed by atoms with van der Waals surface area (Å²) in [6.45, 7) is 10.1. The summed E-state index contributed by atoms with van der Waals surface area (Å²) >= 11 is 5.73. The van der Waals surface area contributed by atoms with Crippen molar-refractivity contribution >= 4 is 35.4 Å². The number of carbonyl (C=O) groups is 1. The molecule has 0 radical (unpaired) electrons. The molecule has 0 heterocycles. The highest BCUT2D eigenvalue weighted by Gasteiger charge is 2.15. The zero-order chi connectivity index (χ0) is 15.8. The lowest BCUT2D eigenvalue weighted by Crippen LogP contribution is -2.31. The number of carbonyl (C=O) groups excluding carboxylic acids is 1. The van der Waals surface area contributed by atoms with E-state index in [1.54, 1.807) is 4.90 Å². The predicted molar refractivity (Wildman–Crippen MR) is 92.9 cm³/mol. The van der Waals surface area contributed by atoms with Crippen LogP contribution in [0.3, 0.4) is 0 Å². The van der Waals surface area contributed by atoms with Gasteiger partial charge < -0.3 is 4.74 Å². The highest BCUT2D eigenvalue weighted by molar-refractivity contribution is 6.66. The molecule has 0 bridgehead atoms. The summed E-state index contributed by atoms with van der Waals surface area (Å²) in [6, 6.07) is 4.05. The van der Waals surface area contributed by atoms with Gasteiger partial charge in [0.2, 0.25) is 0 Å². The van der Waals surface area contributed by atoms with Crippen molar-refractivity contribution in [2.75, 3.05) is 24.7 Å². The molecule has 21 heavy (non-hydrogen) atoms. The number of unbranched alkanes of at least 4 members (excludes halogenated alkanes) is 1. The van der Waals surface area contributed by atoms with Crippen molar-refractivity contribution in [3.8, 4) is 0 Å². The van der Waals surface area contributed by atoms with E-state index in [0.717, 1.165) is 32.4 Å². The van der Waals surface area contributed by atoms with E-state index in [0.29, 0.717) is 13.2 Å². The van der Waals surface area contributed by atoms with E-state index in [9.17, 15) is 4.79 Å². The highest BCUT2D eigenvalue weighted by atomic mass is 35.5. The molecule has 0 aliphatic rings. The lowest BCUT2D eigenvalue weighted by atomic mass is 9.69. The third-order valence-electron chi connectivity index (χ3n) is 3.66. The van der Waals surface area contributed by atoms with Crippen molar-refractivity contribution in [2.24, 2.45) is 0 Å². The van der Waals surface area contributed by atoms with Crippen molar-refractivity contribution in [1.29, 1.82) is 0 Å². The van der Waals surface area contributed by atoms with Crippen LogP contribution in [-0.2, 0) is 4.74 Å². The van der Waals surface area contributed by atoms with Crippen LogP contribution in [-0.4, -0.2) is 32.4 Å². The van der Waals surface area contributed by atoms with E-state index in [2.05, 4.69) is 27.6 Å². The molecule has 0 aliphatic carbocycles. The number of amides is 1. The molecule has 0 aromatic heterocycles. The monoisotopic (exact) mass is 309 g/mol. The van der Waals surface area contributed by atoms with Crippen molar-refractivity contribution < 1.29 is 9.53 Å². The van der Waals surface area contributed by atoms with Crippen LogP contribution in [0.15, 0.2) is 12.1 Å². The molecule has 1 rings (SSSR count). The van der Waals surface area contributed by atoms with Crippen LogP contribution in [0.5, 0.6) is 0 Å². The third-order valence-corrected chi connectivity index (χ3v) is 3.86. The van der Waals surface area contributed by atoms with Gasteiger partial charge in [0.1, 0.15) is 0 Å². The summed E-state index contributed by atoms with van der Waals surface area (Å²) < 4.78 is 5.53. The summed E-state index contributed by atoms with van der Waals surface area (Å²) in [5.41, 5.74) is 4.57. The second-order valence-corrected chi connectivity index (χ2v) is 5.61.